The molecular weight excluding hydrogens is 268 g/mol. The predicted octanol–water partition coefficient (Wildman–Crippen LogP) is 2.09. The summed E-state index contributed by atoms with van der Waals surface area (Å²) >= 11 is 0. The smallest absolute Gasteiger partial charge is 0.255 e. The highest BCUT2D eigenvalue weighted by atomic mass is 16.5. The number of phenols is 1. The lowest BCUT2D eigenvalue weighted by Gasteiger charge is -2.10. The molecule has 0 unspecified atom stereocenters. The van der Waals surface area contributed by atoms with Crippen LogP contribution in [0.4, 0.5) is 5.69 Å². The molecule has 5 heteroatoms. The van der Waals surface area contributed by atoms with Crippen LogP contribution in [0.15, 0.2) is 42.5 Å². The van der Waals surface area contributed by atoms with Crippen molar-refractivity contribution in [2.75, 3.05) is 18.9 Å². The molecule has 0 aromatic heterocycles. The van der Waals surface area contributed by atoms with Gasteiger partial charge in [-0.05, 0) is 36.8 Å². The Bertz CT molecular complexity index is 641. The van der Waals surface area contributed by atoms with E-state index in [1.165, 1.54) is 0 Å². The Morgan fingerprint density at radius 2 is 2.05 bits per heavy atom. The maximum atomic E-state index is 11.9. The number of carbonyl (C=O) groups excluding carboxylic acids is 1. The highest BCUT2D eigenvalue weighted by Gasteiger charge is 2.10. The third-order valence-electron chi connectivity index (χ3n) is 2.96. The van der Waals surface area contributed by atoms with Gasteiger partial charge in [-0.3, -0.25) is 4.79 Å². The largest absolute Gasteiger partial charge is 0.507 e. The third kappa shape index (κ3) is 3.89. The molecule has 0 bridgehead atoms. The van der Waals surface area contributed by atoms with Crippen LogP contribution in [0.1, 0.15) is 15.9 Å². The first-order valence-corrected chi connectivity index (χ1v) is 6.63. The second-order valence-electron chi connectivity index (χ2n) is 4.66. The molecule has 0 saturated carbocycles. The van der Waals surface area contributed by atoms with E-state index in [9.17, 15) is 9.90 Å². The minimum atomic E-state index is -0.336. The predicted molar refractivity (Wildman–Crippen MR) is 81.5 cm³/mol. The molecule has 4 N–H and O–H groups in total. The summed E-state index contributed by atoms with van der Waals surface area (Å²) in [4.78, 5) is 11.9. The molecule has 2 aromatic rings. The summed E-state index contributed by atoms with van der Waals surface area (Å²) in [5, 5.41) is 12.4. The van der Waals surface area contributed by atoms with E-state index in [-0.39, 0.29) is 17.2 Å². The van der Waals surface area contributed by atoms with Gasteiger partial charge in [-0.25, -0.2) is 0 Å². The van der Waals surface area contributed by atoms with E-state index < -0.39 is 0 Å². The van der Waals surface area contributed by atoms with Crippen molar-refractivity contribution >= 4 is 11.6 Å². The van der Waals surface area contributed by atoms with Gasteiger partial charge in [0.05, 0.1) is 17.8 Å². The van der Waals surface area contributed by atoms with Crippen molar-refractivity contribution in [3.05, 3.63) is 53.6 Å². The Hall–Kier alpha value is -2.69. The summed E-state index contributed by atoms with van der Waals surface area (Å²) < 4.78 is 5.47. The van der Waals surface area contributed by atoms with Crippen LogP contribution in [0, 0.1) is 6.92 Å². The lowest BCUT2D eigenvalue weighted by Crippen LogP contribution is -2.28. The summed E-state index contributed by atoms with van der Waals surface area (Å²) in [6, 6.07) is 12.1. The summed E-state index contributed by atoms with van der Waals surface area (Å²) in [6.45, 7) is 2.46. The molecule has 0 aliphatic carbocycles. The van der Waals surface area contributed by atoms with Crippen LogP contribution >= 0.6 is 0 Å². The fourth-order valence-electron chi connectivity index (χ4n) is 1.87. The SMILES string of the molecule is Cc1ccc(C(=O)NCCOc2ccccc2N)c(O)c1. The molecule has 0 heterocycles. The number of benzene rings is 2. The van der Waals surface area contributed by atoms with Gasteiger partial charge >= 0.3 is 0 Å². The monoisotopic (exact) mass is 286 g/mol. The topological polar surface area (TPSA) is 84.6 Å². The number of para-hydroxylation sites is 2. The standard InChI is InChI=1S/C16H18N2O3/c1-11-6-7-12(14(19)10-11)16(20)18-8-9-21-15-5-3-2-4-13(15)17/h2-7,10,19H,8-9,17H2,1H3,(H,18,20). The van der Waals surface area contributed by atoms with Crippen molar-refractivity contribution in [3.63, 3.8) is 0 Å². The second-order valence-corrected chi connectivity index (χ2v) is 4.66. The number of ether oxygens (including phenoxy) is 1. The van der Waals surface area contributed by atoms with Crippen molar-refractivity contribution in [2.24, 2.45) is 0 Å². The molecule has 2 aromatic carbocycles. The van der Waals surface area contributed by atoms with Gasteiger partial charge in [0.25, 0.3) is 5.91 Å². The number of aromatic hydroxyl groups is 1. The van der Waals surface area contributed by atoms with Crippen LogP contribution in [0.2, 0.25) is 0 Å². The van der Waals surface area contributed by atoms with Crippen LogP contribution in [-0.4, -0.2) is 24.2 Å². The van der Waals surface area contributed by atoms with Gasteiger partial charge in [0.15, 0.2) is 0 Å². The maximum absolute atomic E-state index is 11.9. The lowest BCUT2D eigenvalue weighted by molar-refractivity contribution is 0.0944. The van der Waals surface area contributed by atoms with E-state index in [4.69, 9.17) is 10.5 Å². The molecule has 0 atom stereocenters. The van der Waals surface area contributed by atoms with Gasteiger partial charge in [-0.2, -0.15) is 0 Å². The number of carbonyl (C=O) groups is 1. The highest BCUT2D eigenvalue weighted by Crippen LogP contribution is 2.19. The Labute approximate surface area is 123 Å². The lowest BCUT2D eigenvalue weighted by atomic mass is 10.1. The van der Waals surface area contributed by atoms with Crippen molar-refractivity contribution in [2.45, 2.75) is 6.92 Å². The first-order chi connectivity index (χ1) is 10.1. The Morgan fingerprint density at radius 3 is 2.76 bits per heavy atom. The summed E-state index contributed by atoms with van der Waals surface area (Å²) in [7, 11) is 0. The number of amides is 1. The van der Waals surface area contributed by atoms with Gasteiger partial charge in [-0.15, -0.1) is 0 Å². The first kappa shape index (κ1) is 14.7. The number of anilines is 1. The van der Waals surface area contributed by atoms with Gasteiger partial charge in [0, 0.05) is 0 Å². The molecule has 0 radical (unpaired) electrons. The zero-order valence-corrected chi connectivity index (χ0v) is 11.8. The molecule has 2 rings (SSSR count). The Morgan fingerprint density at radius 1 is 1.29 bits per heavy atom. The van der Waals surface area contributed by atoms with Crippen LogP contribution < -0.4 is 15.8 Å². The van der Waals surface area contributed by atoms with Gasteiger partial charge in [-0.1, -0.05) is 18.2 Å². The number of nitrogens with two attached hydrogens (primary N) is 1. The van der Waals surface area contributed by atoms with Crippen LogP contribution in [0.5, 0.6) is 11.5 Å². The molecule has 21 heavy (non-hydrogen) atoms. The van der Waals surface area contributed by atoms with E-state index in [0.29, 0.717) is 24.6 Å². The quantitative estimate of drug-likeness (QED) is 0.580. The number of hydrogen-bond acceptors (Lipinski definition) is 4. The van der Waals surface area contributed by atoms with E-state index in [1.807, 2.05) is 19.1 Å². The zero-order valence-electron chi connectivity index (χ0n) is 11.8. The molecule has 5 nitrogen and oxygen atoms in total. The fourth-order valence-corrected chi connectivity index (χ4v) is 1.87. The first-order valence-electron chi connectivity index (χ1n) is 6.63. The molecule has 0 aliphatic heterocycles. The van der Waals surface area contributed by atoms with Gasteiger partial charge in [0.2, 0.25) is 0 Å². The van der Waals surface area contributed by atoms with Gasteiger partial charge < -0.3 is 20.9 Å². The summed E-state index contributed by atoms with van der Waals surface area (Å²) in [6.07, 6.45) is 0. The number of phenolic OH excluding ortho intramolecular Hbond substituents is 1. The Balaban J connectivity index is 1.83. The number of aryl methyl sites for hydroxylation is 1. The number of nitrogen functional groups attached to an aromatic ring is 1. The number of nitrogens with one attached hydrogen (secondary N) is 1. The van der Waals surface area contributed by atoms with E-state index >= 15 is 0 Å². The molecule has 0 saturated heterocycles. The molecule has 0 spiro atoms. The van der Waals surface area contributed by atoms with Crippen molar-refractivity contribution < 1.29 is 14.6 Å². The normalized spacial score (nSPS) is 10.1. The summed E-state index contributed by atoms with van der Waals surface area (Å²) in [5.74, 6) is 0.225. The van der Waals surface area contributed by atoms with E-state index in [2.05, 4.69) is 5.32 Å². The average Bonchev–Trinajstić information content (AvgIpc) is 2.45. The molecule has 0 fully saturated rings. The van der Waals surface area contributed by atoms with E-state index in [0.717, 1.165) is 5.56 Å². The molecule has 110 valence electrons. The van der Waals surface area contributed by atoms with Crippen molar-refractivity contribution in [1.82, 2.24) is 5.32 Å². The molecule has 0 aliphatic rings. The average molecular weight is 286 g/mol. The third-order valence-corrected chi connectivity index (χ3v) is 2.96. The van der Waals surface area contributed by atoms with Crippen LogP contribution in [0.25, 0.3) is 0 Å². The second kappa shape index (κ2) is 6.65. The fraction of sp³-hybridized carbons (Fsp3) is 0.188. The minimum Gasteiger partial charge on any atom is -0.507 e. The Kier molecular flexibility index (Phi) is 4.66. The van der Waals surface area contributed by atoms with Crippen LogP contribution in [-0.2, 0) is 0 Å². The van der Waals surface area contributed by atoms with E-state index in [1.54, 1.807) is 30.3 Å². The maximum Gasteiger partial charge on any atom is 0.255 e. The van der Waals surface area contributed by atoms with Crippen molar-refractivity contribution in [3.8, 4) is 11.5 Å². The highest BCUT2D eigenvalue weighted by molar-refractivity contribution is 5.96. The number of hydrogen-bond donors (Lipinski definition) is 3. The molecular formula is C16H18N2O3. The number of rotatable bonds is 5. The van der Waals surface area contributed by atoms with Gasteiger partial charge in [0.1, 0.15) is 18.1 Å². The summed E-state index contributed by atoms with van der Waals surface area (Å²) in [5.41, 5.74) is 7.44. The zero-order chi connectivity index (χ0) is 15.2. The molecule has 1 amide bonds. The van der Waals surface area contributed by atoms with Crippen LogP contribution in [0.3, 0.4) is 0 Å². The minimum absolute atomic E-state index is 0.0271. The van der Waals surface area contributed by atoms with Crippen molar-refractivity contribution in [1.29, 1.82) is 0 Å².